The number of para-hydroxylation sites is 1. The molecule has 0 aliphatic heterocycles. The number of hydrogen-bond acceptors (Lipinski definition) is 6. The van der Waals surface area contributed by atoms with Crippen LogP contribution in [0, 0.1) is 11.6 Å². The van der Waals surface area contributed by atoms with Crippen LogP contribution in [0.25, 0.3) is 22.4 Å². The van der Waals surface area contributed by atoms with Gasteiger partial charge < -0.3 is 20.9 Å². The molecular weight excluding hydrogens is 470 g/mol. The first-order chi connectivity index (χ1) is 17.1. The highest BCUT2D eigenvalue weighted by Crippen LogP contribution is 2.29. The van der Waals surface area contributed by atoms with Crippen molar-refractivity contribution in [3.05, 3.63) is 65.4 Å². The second-order valence-electron chi connectivity index (χ2n) is 8.92. The summed E-state index contributed by atoms with van der Waals surface area (Å²) in [5.74, 6) is -0.928. The van der Waals surface area contributed by atoms with E-state index in [9.17, 15) is 13.6 Å². The number of benzene rings is 2. The molecule has 11 heteroatoms. The molecule has 0 aliphatic rings. The average molecular weight is 497 g/mol. The van der Waals surface area contributed by atoms with E-state index < -0.39 is 23.3 Å². The first-order valence-electron chi connectivity index (χ1n) is 11.3. The average Bonchev–Trinajstić information content (AvgIpc) is 3.15. The smallest absolute Gasteiger partial charge is 0.405 e. The largest absolute Gasteiger partial charge is 0.494 e. The molecule has 0 radical (unpaired) electrons. The minimum Gasteiger partial charge on any atom is -0.494 e. The van der Waals surface area contributed by atoms with Crippen LogP contribution in [0.15, 0.2) is 42.6 Å². The molecule has 36 heavy (non-hydrogen) atoms. The number of amides is 1. The van der Waals surface area contributed by atoms with E-state index in [0.29, 0.717) is 28.8 Å². The van der Waals surface area contributed by atoms with E-state index >= 15 is 0 Å². The lowest BCUT2D eigenvalue weighted by Crippen LogP contribution is -2.44. The molecule has 0 unspecified atom stereocenters. The molecule has 4 N–H and O–H groups in total. The summed E-state index contributed by atoms with van der Waals surface area (Å²) in [6, 6.07) is 9.51. The van der Waals surface area contributed by atoms with Crippen LogP contribution in [-0.4, -0.2) is 43.1 Å². The topological polar surface area (TPSA) is 128 Å². The van der Waals surface area contributed by atoms with E-state index in [1.165, 1.54) is 10.9 Å². The van der Waals surface area contributed by atoms with Gasteiger partial charge in [0.15, 0.2) is 5.82 Å². The fraction of sp³-hybridized carbons (Fsp3) is 0.280. The third-order valence-electron chi connectivity index (χ3n) is 5.58. The number of ether oxygens (including phenoxy) is 1. The zero-order valence-electron chi connectivity index (χ0n) is 20.0. The van der Waals surface area contributed by atoms with E-state index in [0.717, 1.165) is 12.1 Å². The SMILES string of the molecule is CCOc1cc(F)c(Cn2nc(-c3ncc(CC(C)(C)NC(=O)O)c(N)n3)c3ccccc32)c(F)c1. The van der Waals surface area contributed by atoms with Crippen molar-refractivity contribution in [3.63, 3.8) is 0 Å². The number of nitrogens with one attached hydrogen (secondary N) is 1. The summed E-state index contributed by atoms with van der Waals surface area (Å²) in [7, 11) is 0. The summed E-state index contributed by atoms with van der Waals surface area (Å²) in [4.78, 5) is 19.8. The normalized spacial score (nSPS) is 11.6. The predicted molar refractivity (Wildman–Crippen MR) is 131 cm³/mol. The van der Waals surface area contributed by atoms with Gasteiger partial charge in [0.25, 0.3) is 0 Å². The number of halogens is 2. The molecule has 0 bridgehead atoms. The van der Waals surface area contributed by atoms with Crippen molar-refractivity contribution in [2.45, 2.75) is 39.3 Å². The number of carboxylic acid groups (broad SMARTS) is 1. The van der Waals surface area contributed by atoms with Crippen LogP contribution >= 0.6 is 0 Å². The van der Waals surface area contributed by atoms with Gasteiger partial charge in [-0.05, 0) is 26.8 Å². The van der Waals surface area contributed by atoms with Gasteiger partial charge in [0, 0.05) is 46.8 Å². The Morgan fingerprint density at radius 3 is 2.56 bits per heavy atom. The first kappa shape index (κ1) is 24.8. The van der Waals surface area contributed by atoms with Gasteiger partial charge in [-0.15, -0.1) is 0 Å². The molecule has 0 aliphatic carbocycles. The van der Waals surface area contributed by atoms with Gasteiger partial charge in [0.05, 0.1) is 18.7 Å². The molecule has 0 spiro atoms. The molecule has 188 valence electrons. The van der Waals surface area contributed by atoms with Crippen LogP contribution in [0.5, 0.6) is 5.75 Å². The van der Waals surface area contributed by atoms with Gasteiger partial charge in [0.1, 0.15) is 28.9 Å². The number of nitrogens with two attached hydrogens (primary N) is 1. The van der Waals surface area contributed by atoms with Crippen LogP contribution < -0.4 is 15.8 Å². The Labute approximate surface area is 205 Å². The molecule has 1 amide bonds. The Balaban J connectivity index is 1.70. The van der Waals surface area contributed by atoms with Crippen molar-refractivity contribution in [2.75, 3.05) is 12.3 Å². The van der Waals surface area contributed by atoms with Crippen molar-refractivity contribution in [1.29, 1.82) is 0 Å². The molecule has 0 atom stereocenters. The summed E-state index contributed by atoms with van der Waals surface area (Å²) < 4.78 is 36.1. The second kappa shape index (κ2) is 9.76. The van der Waals surface area contributed by atoms with Gasteiger partial charge >= 0.3 is 6.09 Å². The molecule has 2 heterocycles. The molecule has 0 saturated heterocycles. The molecule has 4 rings (SSSR count). The van der Waals surface area contributed by atoms with E-state index in [-0.39, 0.29) is 35.9 Å². The standard InChI is InChI=1S/C25H26F2N6O3/c1-4-36-15-9-18(26)17(19(27)10-15)13-33-20-8-6-5-7-16(20)21(32-33)23-29-12-14(22(28)30-23)11-25(2,3)31-24(34)35/h5-10,12,31H,4,11,13H2,1-3H3,(H,34,35)(H2,28,29,30). The van der Waals surface area contributed by atoms with Gasteiger partial charge in [0.2, 0.25) is 0 Å². The molecule has 0 fully saturated rings. The maximum atomic E-state index is 14.7. The third-order valence-corrected chi connectivity index (χ3v) is 5.58. The molecule has 9 nitrogen and oxygen atoms in total. The minimum absolute atomic E-state index is 0.118. The van der Waals surface area contributed by atoms with Crippen molar-refractivity contribution in [1.82, 2.24) is 25.1 Å². The Morgan fingerprint density at radius 2 is 1.92 bits per heavy atom. The Morgan fingerprint density at radius 1 is 1.22 bits per heavy atom. The maximum Gasteiger partial charge on any atom is 0.405 e. The minimum atomic E-state index is -1.14. The number of hydrogen-bond donors (Lipinski definition) is 3. The monoisotopic (exact) mass is 496 g/mol. The predicted octanol–water partition coefficient (Wildman–Crippen LogP) is 4.39. The summed E-state index contributed by atoms with van der Waals surface area (Å²) in [6.45, 7) is 5.32. The van der Waals surface area contributed by atoms with Crippen LogP contribution in [0.3, 0.4) is 0 Å². The fourth-order valence-corrected chi connectivity index (χ4v) is 4.02. The molecule has 0 saturated carbocycles. The third kappa shape index (κ3) is 5.19. The van der Waals surface area contributed by atoms with Gasteiger partial charge in [-0.2, -0.15) is 5.10 Å². The molecule has 2 aromatic carbocycles. The molecular formula is C25H26F2N6O3. The van der Waals surface area contributed by atoms with E-state index in [1.54, 1.807) is 32.9 Å². The second-order valence-corrected chi connectivity index (χ2v) is 8.92. The van der Waals surface area contributed by atoms with E-state index in [2.05, 4.69) is 20.4 Å². The zero-order valence-corrected chi connectivity index (χ0v) is 20.0. The Bertz CT molecular complexity index is 1410. The number of aromatic nitrogens is 4. The summed E-state index contributed by atoms with van der Waals surface area (Å²) in [6.07, 6.45) is 0.660. The quantitative estimate of drug-likeness (QED) is 0.330. The van der Waals surface area contributed by atoms with E-state index in [4.69, 9.17) is 15.6 Å². The van der Waals surface area contributed by atoms with Crippen LogP contribution in [0.4, 0.5) is 19.4 Å². The highest BCUT2D eigenvalue weighted by Gasteiger charge is 2.24. The number of nitrogen functional groups attached to an aromatic ring is 1. The van der Waals surface area contributed by atoms with Crippen molar-refractivity contribution in [2.24, 2.45) is 0 Å². The number of nitrogens with zero attached hydrogens (tertiary/aromatic N) is 4. The number of anilines is 1. The van der Waals surface area contributed by atoms with Crippen molar-refractivity contribution >= 4 is 22.8 Å². The lowest BCUT2D eigenvalue weighted by atomic mass is 9.96. The Hall–Kier alpha value is -4.28. The van der Waals surface area contributed by atoms with Crippen LogP contribution in [0.1, 0.15) is 31.9 Å². The van der Waals surface area contributed by atoms with Crippen LogP contribution in [-0.2, 0) is 13.0 Å². The molecule has 4 aromatic rings. The maximum absolute atomic E-state index is 14.7. The lowest BCUT2D eigenvalue weighted by molar-refractivity contribution is 0.182. The van der Waals surface area contributed by atoms with Gasteiger partial charge in [-0.1, -0.05) is 18.2 Å². The van der Waals surface area contributed by atoms with Crippen molar-refractivity contribution < 1.29 is 23.4 Å². The van der Waals surface area contributed by atoms with Gasteiger partial charge in [-0.3, -0.25) is 4.68 Å². The van der Waals surface area contributed by atoms with Gasteiger partial charge in [-0.25, -0.2) is 23.5 Å². The Kier molecular flexibility index (Phi) is 6.73. The highest BCUT2D eigenvalue weighted by molar-refractivity contribution is 5.91. The highest BCUT2D eigenvalue weighted by atomic mass is 19.1. The summed E-state index contributed by atoms with van der Waals surface area (Å²) >= 11 is 0. The molecule has 2 aromatic heterocycles. The summed E-state index contributed by atoms with van der Waals surface area (Å²) in [5, 5.41) is 16.7. The summed E-state index contributed by atoms with van der Waals surface area (Å²) in [5.41, 5.74) is 6.85. The lowest BCUT2D eigenvalue weighted by Gasteiger charge is -2.24. The first-order valence-corrected chi connectivity index (χ1v) is 11.3. The number of rotatable bonds is 8. The van der Waals surface area contributed by atoms with Crippen molar-refractivity contribution in [3.8, 4) is 17.3 Å². The van der Waals surface area contributed by atoms with Crippen LogP contribution in [0.2, 0.25) is 0 Å². The number of fused-ring (bicyclic) bond motifs is 1. The fourth-order valence-electron chi connectivity index (χ4n) is 4.02. The van der Waals surface area contributed by atoms with E-state index in [1.807, 2.05) is 12.1 Å². The number of carbonyl (C=O) groups is 1. The zero-order chi connectivity index (χ0) is 26.0.